The lowest BCUT2D eigenvalue weighted by Gasteiger charge is -2.46. The van der Waals surface area contributed by atoms with Gasteiger partial charge in [-0.1, -0.05) is 24.3 Å². The van der Waals surface area contributed by atoms with Gasteiger partial charge in [-0.2, -0.15) is 0 Å². The third-order valence-electron chi connectivity index (χ3n) is 9.78. The fourth-order valence-electron chi connectivity index (χ4n) is 8.89. The Labute approximate surface area is 182 Å². The van der Waals surface area contributed by atoms with E-state index in [4.69, 9.17) is 12.3 Å². The van der Waals surface area contributed by atoms with Crippen molar-refractivity contribution in [3.8, 4) is 0 Å². The van der Waals surface area contributed by atoms with Crippen LogP contribution in [0.4, 0.5) is 0 Å². The van der Waals surface area contributed by atoms with Crippen molar-refractivity contribution in [2.45, 2.75) is 56.3 Å². The predicted octanol–water partition coefficient (Wildman–Crippen LogP) is 2.27. The van der Waals surface area contributed by atoms with E-state index in [2.05, 4.69) is 37.4 Å². The molecule has 12 unspecified atom stereocenters. The Kier molecular flexibility index (Phi) is 4.68. The molecule has 0 aromatic carbocycles. The Morgan fingerprint density at radius 3 is 2.34 bits per heavy atom. The zero-order valence-electron chi connectivity index (χ0n) is 18.0. The summed E-state index contributed by atoms with van der Waals surface area (Å²) in [5.74, 6) is 6.29. The predicted molar refractivity (Wildman–Crippen MR) is 124 cm³/mol. The molecular formula is C21H36O4Si4. The molecule has 0 aromatic heterocycles. The molecule has 0 radical (unpaired) electrons. The van der Waals surface area contributed by atoms with E-state index in [0.29, 0.717) is 22.9 Å². The van der Waals surface area contributed by atoms with Gasteiger partial charge in [-0.15, -0.1) is 0 Å². The van der Waals surface area contributed by atoms with E-state index in [1.807, 2.05) is 0 Å². The molecule has 29 heavy (non-hydrogen) atoms. The van der Waals surface area contributed by atoms with E-state index < -0.39 is 27.1 Å². The Morgan fingerprint density at radius 2 is 1.66 bits per heavy atom. The lowest BCUT2D eigenvalue weighted by molar-refractivity contribution is 0.179. The molecule has 0 heterocycles. The van der Waals surface area contributed by atoms with Crippen LogP contribution in [0.25, 0.3) is 0 Å². The molecule has 0 amide bonds. The maximum atomic E-state index is 11.7. The molecule has 4 nitrogen and oxygen atoms in total. The number of allylic oxidation sites excluding steroid dienone is 4. The van der Waals surface area contributed by atoms with E-state index in [0.717, 1.165) is 52.4 Å². The third kappa shape index (κ3) is 2.93. The van der Waals surface area contributed by atoms with Gasteiger partial charge in [0.1, 0.15) is 10.5 Å². The highest BCUT2D eigenvalue weighted by Crippen LogP contribution is 2.70. The first kappa shape index (κ1) is 19.8. The quantitative estimate of drug-likeness (QED) is 0.357. The Bertz CT molecular complexity index is 744. The number of fused-ring (bicyclic) bond motifs is 11. The summed E-state index contributed by atoms with van der Waals surface area (Å²) < 4.78 is 19.2. The molecule has 4 saturated carbocycles. The zero-order valence-corrected chi connectivity index (χ0v) is 23.4. The smallest absolute Gasteiger partial charge is 0.327 e. The first-order chi connectivity index (χ1) is 13.9. The SMILES string of the molecule is C[Si](O)(O[Si](C)(O[SiH2]O[SiH3])C1CC2CC1C1C3C=CC(C3)C21)C1CC2C=CC1C2. The molecule has 6 aliphatic rings. The number of hydrogen-bond donors (Lipinski definition) is 1. The zero-order chi connectivity index (χ0) is 20.0. The van der Waals surface area contributed by atoms with E-state index in [1.54, 1.807) is 0 Å². The minimum atomic E-state index is -2.80. The van der Waals surface area contributed by atoms with Crippen LogP contribution < -0.4 is 0 Å². The van der Waals surface area contributed by atoms with Crippen molar-refractivity contribution in [3.63, 3.8) is 0 Å². The van der Waals surface area contributed by atoms with Crippen molar-refractivity contribution < 1.29 is 17.1 Å². The molecule has 4 fully saturated rings. The normalized spacial score (nSPS) is 52.8. The molecule has 0 saturated heterocycles. The monoisotopic (exact) mass is 464 g/mol. The maximum Gasteiger partial charge on any atom is 0.327 e. The molecular weight excluding hydrogens is 429 g/mol. The topological polar surface area (TPSA) is 47.9 Å². The van der Waals surface area contributed by atoms with Crippen molar-refractivity contribution in [2.75, 3.05) is 0 Å². The standard InChI is InChI=1S/C21H36O4Si4/c1-28(22,18-8-12-3-4-13(18)7-12)25-29(2,24-27-23-26)19-11-16-10-17(19)21-15-6-5-14(9-15)20(16)21/h3-6,12-22H,7-11,27H2,1-2,26H3. The van der Waals surface area contributed by atoms with E-state index in [1.165, 1.54) is 25.7 Å². The lowest BCUT2D eigenvalue weighted by Crippen LogP contribution is -2.58. The van der Waals surface area contributed by atoms with Gasteiger partial charge in [0.25, 0.3) is 10.0 Å². The first-order valence-electron chi connectivity index (χ1n) is 11.8. The molecule has 160 valence electrons. The van der Waals surface area contributed by atoms with E-state index in [-0.39, 0.29) is 0 Å². The number of rotatable bonds is 7. The highest BCUT2D eigenvalue weighted by atomic mass is 28.5. The Balaban J connectivity index is 1.25. The van der Waals surface area contributed by atoms with Crippen LogP contribution in [0.15, 0.2) is 24.3 Å². The van der Waals surface area contributed by atoms with Crippen LogP contribution in [0.5, 0.6) is 0 Å². The average Bonchev–Trinajstić information content (AvgIpc) is 3.49. The highest BCUT2D eigenvalue weighted by molar-refractivity contribution is 6.82. The second kappa shape index (κ2) is 6.84. The summed E-state index contributed by atoms with van der Waals surface area (Å²) >= 11 is 0. The van der Waals surface area contributed by atoms with Gasteiger partial charge in [-0.3, -0.25) is 0 Å². The fraction of sp³-hybridized carbons (Fsp3) is 0.810. The summed E-state index contributed by atoms with van der Waals surface area (Å²) in [6, 6.07) is 0. The molecule has 1 N–H and O–H groups in total. The second-order valence-electron chi connectivity index (χ2n) is 11.2. The average molecular weight is 465 g/mol. The first-order valence-corrected chi connectivity index (χ1v) is 18.6. The number of hydrogen-bond acceptors (Lipinski definition) is 4. The molecule has 6 bridgehead atoms. The van der Waals surface area contributed by atoms with Crippen molar-refractivity contribution in [1.29, 1.82) is 0 Å². The molecule has 0 aliphatic heterocycles. The lowest BCUT2D eigenvalue weighted by atomic mass is 9.73. The molecule has 12 atom stereocenters. The molecule has 8 heteroatoms. The summed E-state index contributed by atoms with van der Waals surface area (Å²) in [5, 5.41) is 0. The molecule has 0 spiro atoms. The second-order valence-corrected chi connectivity index (χ2v) is 21.4. The summed E-state index contributed by atoms with van der Waals surface area (Å²) in [6.07, 6.45) is 16.2. The van der Waals surface area contributed by atoms with Gasteiger partial charge in [0.2, 0.25) is 0 Å². The van der Waals surface area contributed by atoms with Crippen molar-refractivity contribution in [3.05, 3.63) is 24.3 Å². The van der Waals surface area contributed by atoms with Gasteiger partial charge in [0.05, 0.1) is 0 Å². The van der Waals surface area contributed by atoms with Gasteiger partial charge in [0, 0.05) is 11.1 Å². The molecule has 6 rings (SSSR count). The van der Waals surface area contributed by atoms with Crippen LogP contribution in [0.3, 0.4) is 0 Å². The minimum Gasteiger partial charge on any atom is -0.449 e. The van der Waals surface area contributed by atoms with Gasteiger partial charge >= 0.3 is 17.1 Å². The summed E-state index contributed by atoms with van der Waals surface area (Å²) in [4.78, 5) is 11.7. The van der Waals surface area contributed by atoms with Crippen LogP contribution in [-0.4, -0.2) is 42.4 Å². The van der Waals surface area contributed by atoms with E-state index in [9.17, 15) is 4.80 Å². The van der Waals surface area contributed by atoms with Crippen molar-refractivity contribution in [1.82, 2.24) is 0 Å². The van der Waals surface area contributed by atoms with Gasteiger partial charge in [-0.25, -0.2) is 0 Å². The Hall–Kier alpha value is 0.188. The third-order valence-corrected chi connectivity index (χ3v) is 20.8. The Morgan fingerprint density at radius 1 is 0.897 bits per heavy atom. The minimum absolute atomic E-state index is 0.350. The summed E-state index contributed by atoms with van der Waals surface area (Å²) in [6.45, 7) is 4.37. The van der Waals surface area contributed by atoms with Crippen LogP contribution in [-0.2, 0) is 12.3 Å². The van der Waals surface area contributed by atoms with E-state index >= 15 is 0 Å². The molecule has 6 aliphatic carbocycles. The largest absolute Gasteiger partial charge is 0.449 e. The van der Waals surface area contributed by atoms with Crippen LogP contribution in [0.1, 0.15) is 32.1 Å². The van der Waals surface area contributed by atoms with Gasteiger partial charge in [0.15, 0.2) is 0 Å². The molecule has 0 aromatic rings. The van der Waals surface area contributed by atoms with Crippen molar-refractivity contribution >= 4 is 37.6 Å². The van der Waals surface area contributed by atoms with Crippen LogP contribution >= 0.6 is 0 Å². The van der Waals surface area contributed by atoms with Crippen LogP contribution in [0, 0.1) is 47.3 Å². The van der Waals surface area contributed by atoms with Gasteiger partial charge in [-0.05, 0) is 92.5 Å². The fourth-order valence-corrected chi connectivity index (χ4v) is 21.1. The maximum absolute atomic E-state index is 11.7. The van der Waals surface area contributed by atoms with Gasteiger partial charge < -0.3 is 17.1 Å². The highest BCUT2D eigenvalue weighted by Gasteiger charge is 2.66. The van der Waals surface area contributed by atoms with Crippen molar-refractivity contribution in [2.24, 2.45) is 47.3 Å². The summed E-state index contributed by atoms with van der Waals surface area (Å²) in [7, 11) is -5.53. The summed E-state index contributed by atoms with van der Waals surface area (Å²) in [5.41, 5.74) is 0.905. The van der Waals surface area contributed by atoms with Crippen LogP contribution in [0.2, 0.25) is 24.2 Å².